The molecule has 0 radical (unpaired) electrons. The summed E-state index contributed by atoms with van der Waals surface area (Å²) in [4.78, 5) is 13.6. The molecule has 3 aliphatic rings. The number of hydrogen-bond acceptors (Lipinski definition) is 3. The molecule has 0 unspecified atom stereocenters. The second-order valence-corrected chi connectivity index (χ2v) is 9.86. The number of amides is 1. The summed E-state index contributed by atoms with van der Waals surface area (Å²) in [5, 5.41) is 0. The van der Waals surface area contributed by atoms with E-state index in [-0.39, 0.29) is 11.7 Å². The summed E-state index contributed by atoms with van der Waals surface area (Å²) in [5.41, 5.74) is 2.86. The second-order valence-electron chi connectivity index (χ2n) is 7.92. The highest BCUT2D eigenvalue weighted by Crippen LogP contribution is 2.63. The Morgan fingerprint density at radius 1 is 1.29 bits per heavy atom. The van der Waals surface area contributed by atoms with Gasteiger partial charge >= 0.3 is 0 Å². The van der Waals surface area contributed by atoms with Crippen LogP contribution in [0.3, 0.4) is 0 Å². The Morgan fingerprint density at radius 3 is 2.62 bits per heavy atom. The van der Waals surface area contributed by atoms with E-state index < -0.39 is 10.0 Å². The van der Waals surface area contributed by atoms with Crippen molar-refractivity contribution < 1.29 is 13.2 Å². The molecule has 0 saturated heterocycles. The molecule has 2 saturated carbocycles. The molecule has 1 aromatic rings. The first-order valence-electron chi connectivity index (χ1n) is 8.65. The van der Waals surface area contributed by atoms with Gasteiger partial charge in [0.1, 0.15) is 0 Å². The van der Waals surface area contributed by atoms with Gasteiger partial charge in [-0.1, -0.05) is 0 Å². The van der Waals surface area contributed by atoms with Crippen LogP contribution < -0.4 is 4.31 Å². The largest absolute Gasteiger partial charge is 0.345 e. The lowest BCUT2D eigenvalue weighted by Crippen LogP contribution is -2.38. The van der Waals surface area contributed by atoms with Crippen molar-refractivity contribution in [1.82, 2.24) is 4.90 Å². The lowest BCUT2D eigenvalue weighted by molar-refractivity contribution is 0.0827. The van der Waals surface area contributed by atoms with Crippen LogP contribution in [-0.4, -0.2) is 45.6 Å². The third-order valence-corrected chi connectivity index (χ3v) is 7.71. The van der Waals surface area contributed by atoms with Gasteiger partial charge in [-0.15, -0.1) is 0 Å². The zero-order valence-electron chi connectivity index (χ0n) is 14.3. The Morgan fingerprint density at radius 2 is 2.00 bits per heavy atom. The Balaban J connectivity index is 1.51. The number of anilines is 1. The molecule has 2 fully saturated rings. The summed E-state index contributed by atoms with van der Waals surface area (Å²) < 4.78 is 27.2. The molecule has 1 aromatic carbocycles. The van der Waals surface area contributed by atoms with Gasteiger partial charge in [0.25, 0.3) is 5.91 Å². The van der Waals surface area contributed by atoms with Crippen LogP contribution in [0.25, 0.3) is 0 Å². The van der Waals surface area contributed by atoms with Crippen LogP contribution in [0.1, 0.15) is 41.6 Å². The predicted octanol–water partition coefficient (Wildman–Crippen LogP) is 2.27. The third-order valence-electron chi connectivity index (χ3n) is 5.77. The first-order chi connectivity index (χ1) is 11.3. The molecule has 24 heavy (non-hydrogen) atoms. The number of sulfonamides is 1. The number of benzene rings is 1. The molecule has 2 aliphatic carbocycles. The van der Waals surface area contributed by atoms with Gasteiger partial charge in [0.15, 0.2) is 0 Å². The highest BCUT2D eigenvalue weighted by atomic mass is 32.2. The minimum absolute atomic E-state index is 0.0525. The van der Waals surface area contributed by atoms with E-state index in [0.717, 1.165) is 24.1 Å². The zero-order chi connectivity index (χ0) is 17.1. The van der Waals surface area contributed by atoms with Crippen molar-refractivity contribution in [3.63, 3.8) is 0 Å². The lowest BCUT2D eigenvalue weighted by Gasteiger charge is -2.36. The molecule has 1 aliphatic heterocycles. The smallest absolute Gasteiger partial charge is 0.253 e. The highest BCUT2D eigenvalue weighted by Gasteiger charge is 2.53. The van der Waals surface area contributed by atoms with E-state index in [1.165, 1.54) is 17.7 Å². The SMILES string of the molecule is CN(C)C(=O)c1ccc2c(c1)CCN2S(=O)(=O)CC1CC2(CC2)C1. The molecule has 5 nitrogen and oxygen atoms in total. The van der Waals surface area contributed by atoms with Gasteiger partial charge in [-0.25, -0.2) is 8.42 Å². The van der Waals surface area contributed by atoms with Gasteiger partial charge in [0.2, 0.25) is 10.0 Å². The van der Waals surface area contributed by atoms with Gasteiger partial charge in [-0.05, 0) is 67.2 Å². The minimum atomic E-state index is -3.27. The number of fused-ring (bicyclic) bond motifs is 1. The van der Waals surface area contributed by atoms with Crippen LogP contribution in [0, 0.1) is 11.3 Å². The first kappa shape index (κ1) is 15.9. The molecule has 1 heterocycles. The standard InChI is InChI=1S/C18H24N2O3S/c1-19(2)17(21)15-3-4-16-14(9-15)5-8-20(16)24(22,23)12-13-10-18(11-13)6-7-18/h3-4,9,13H,5-8,10-12H2,1-2H3. The lowest BCUT2D eigenvalue weighted by atomic mass is 9.73. The quantitative estimate of drug-likeness (QED) is 0.839. The summed E-state index contributed by atoms with van der Waals surface area (Å²) >= 11 is 0. The van der Waals surface area contributed by atoms with Crippen LogP contribution >= 0.6 is 0 Å². The average molecular weight is 348 g/mol. The predicted molar refractivity (Wildman–Crippen MR) is 93.7 cm³/mol. The summed E-state index contributed by atoms with van der Waals surface area (Å²) in [6.07, 6.45) is 5.43. The summed E-state index contributed by atoms with van der Waals surface area (Å²) in [7, 11) is 0.172. The number of rotatable bonds is 4. The average Bonchev–Trinajstić information content (AvgIpc) is 3.16. The molecule has 0 atom stereocenters. The molecule has 0 aromatic heterocycles. The van der Waals surface area contributed by atoms with Crippen LogP contribution in [0.5, 0.6) is 0 Å². The molecule has 4 rings (SSSR count). The number of carbonyl (C=O) groups excluding carboxylic acids is 1. The van der Waals surface area contributed by atoms with Crippen molar-refractivity contribution in [2.24, 2.45) is 11.3 Å². The number of hydrogen-bond donors (Lipinski definition) is 0. The van der Waals surface area contributed by atoms with Crippen molar-refractivity contribution in [3.8, 4) is 0 Å². The molecule has 0 N–H and O–H groups in total. The monoisotopic (exact) mass is 348 g/mol. The van der Waals surface area contributed by atoms with E-state index in [1.807, 2.05) is 6.07 Å². The minimum Gasteiger partial charge on any atom is -0.345 e. The maximum atomic E-state index is 12.8. The highest BCUT2D eigenvalue weighted by molar-refractivity contribution is 7.92. The van der Waals surface area contributed by atoms with E-state index in [0.29, 0.717) is 29.9 Å². The van der Waals surface area contributed by atoms with Crippen LogP contribution in [0.2, 0.25) is 0 Å². The first-order valence-corrected chi connectivity index (χ1v) is 10.3. The molecule has 0 bridgehead atoms. The van der Waals surface area contributed by atoms with E-state index in [4.69, 9.17) is 0 Å². The molecule has 6 heteroatoms. The summed E-state index contributed by atoms with van der Waals surface area (Å²) in [5.74, 6) is 0.548. The Hall–Kier alpha value is -1.56. The Kier molecular flexibility index (Phi) is 3.46. The molecule has 1 spiro atoms. The maximum absolute atomic E-state index is 12.8. The fourth-order valence-electron chi connectivity index (χ4n) is 4.31. The van der Waals surface area contributed by atoms with Gasteiger partial charge in [-0.2, -0.15) is 0 Å². The van der Waals surface area contributed by atoms with Crippen molar-refractivity contribution in [1.29, 1.82) is 0 Å². The van der Waals surface area contributed by atoms with Crippen molar-refractivity contribution >= 4 is 21.6 Å². The molecule has 1 amide bonds. The van der Waals surface area contributed by atoms with Gasteiger partial charge < -0.3 is 4.90 Å². The second kappa shape index (κ2) is 5.22. The van der Waals surface area contributed by atoms with E-state index in [9.17, 15) is 13.2 Å². The Bertz CT molecular complexity index is 788. The molecular weight excluding hydrogens is 324 g/mol. The van der Waals surface area contributed by atoms with Gasteiger partial charge in [0.05, 0.1) is 11.4 Å². The number of nitrogens with zero attached hydrogens (tertiary/aromatic N) is 2. The molecule has 130 valence electrons. The normalized spacial score (nSPS) is 21.5. The summed E-state index contributed by atoms with van der Waals surface area (Å²) in [6, 6.07) is 5.37. The van der Waals surface area contributed by atoms with Crippen LogP contribution in [0.4, 0.5) is 5.69 Å². The van der Waals surface area contributed by atoms with E-state index >= 15 is 0 Å². The van der Waals surface area contributed by atoms with Gasteiger partial charge in [-0.3, -0.25) is 9.10 Å². The fraction of sp³-hybridized carbons (Fsp3) is 0.611. The van der Waals surface area contributed by atoms with Gasteiger partial charge in [0, 0.05) is 26.2 Å². The third kappa shape index (κ3) is 2.61. The van der Waals surface area contributed by atoms with Crippen molar-refractivity contribution in [3.05, 3.63) is 29.3 Å². The topological polar surface area (TPSA) is 57.7 Å². The Labute approximate surface area is 143 Å². The zero-order valence-corrected chi connectivity index (χ0v) is 15.1. The van der Waals surface area contributed by atoms with Crippen LogP contribution in [-0.2, 0) is 16.4 Å². The molecular formula is C18H24N2O3S. The maximum Gasteiger partial charge on any atom is 0.253 e. The summed E-state index contributed by atoms with van der Waals surface area (Å²) in [6.45, 7) is 0.495. The van der Waals surface area contributed by atoms with Crippen LogP contribution in [0.15, 0.2) is 18.2 Å². The van der Waals surface area contributed by atoms with E-state index in [1.54, 1.807) is 30.5 Å². The van der Waals surface area contributed by atoms with Crippen molar-refractivity contribution in [2.75, 3.05) is 30.7 Å². The van der Waals surface area contributed by atoms with E-state index in [2.05, 4.69) is 0 Å². The van der Waals surface area contributed by atoms with Crippen molar-refractivity contribution in [2.45, 2.75) is 32.1 Å². The fourth-order valence-corrected chi connectivity index (χ4v) is 6.17. The number of carbonyl (C=O) groups is 1.